The average Bonchev–Trinajstić information content (AvgIpc) is 3.02. The number of carboxylic acids is 1. The zero-order valence-electron chi connectivity index (χ0n) is 13.5. The Balaban J connectivity index is 1.58. The summed E-state index contributed by atoms with van der Waals surface area (Å²) in [4.78, 5) is 13.5. The molecule has 0 aliphatic carbocycles. The van der Waals surface area contributed by atoms with Crippen LogP contribution < -0.4 is 0 Å². The Bertz CT molecular complexity index is 779. The molecule has 3 rings (SSSR count). The second-order valence-corrected chi connectivity index (χ2v) is 6.41. The second-order valence-electron chi connectivity index (χ2n) is 6.41. The molecule has 1 aliphatic rings. The molecule has 0 aromatic heterocycles. The monoisotopic (exact) mass is 320 g/mol. The highest BCUT2D eigenvalue weighted by atomic mass is 16.4. The number of nitriles is 1. The van der Waals surface area contributed by atoms with Crippen molar-refractivity contribution in [1.29, 1.82) is 5.26 Å². The Morgan fingerprint density at radius 2 is 2.00 bits per heavy atom. The molecule has 0 radical (unpaired) electrons. The van der Waals surface area contributed by atoms with E-state index in [0.29, 0.717) is 17.0 Å². The van der Waals surface area contributed by atoms with Crippen LogP contribution in [0.15, 0.2) is 48.5 Å². The molecule has 1 aliphatic heterocycles. The highest BCUT2D eigenvalue weighted by molar-refractivity contribution is 5.87. The minimum absolute atomic E-state index is 0.357. The third kappa shape index (κ3) is 4.01. The first kappa shape index (κ1) is 16.2. The van der Waals surface area contributed by atoms with Crippen molar-refractivity contribution in [3.8, 4) is 6.07 Å². The van der Waals surface area contributed by atoms with Crippen LogP contribution in [0.2, 0.25) is 0 Å². The number of hydrogen-bond donors (Lipinski definition) is 1. The molecular formula is C20H20N2O2. The van der Waals surface area contributed by atoms with Crippen LogP contribution in [0.3, 0.4) is 0 Å². The molecule has 2 aromatic carbocycles. The van der Waals surface area contributed by atoms with E-state index in [1.807, 2.05) is 30.3 Å². The topological polar surface area (TPSA) is 64.3 Å². The lowest BCUT2D eigenvalue weighted by Gasteiger charge is -2.16. The molecule has 0 bridgehead atoms. The van der Waals surface area contributed by atoms with Gasteiger partial charge in [-0.1, -0.05) is 24.3 Å². The molecule has 1 unspecified atom stereocenters. The minimum Gasteiger partial charge on any atom is -0.478 e. The molecule has 1 saturated heterocycles. The molecule has 24 heavy (non-hydrogen) atoms. The Labute approximate surface area is 142 Å². The molecule has 122 valence electrons. The molecular weight excluding hydrogens is 300 g/mol. The fraction of sp³-hybridized carbons (Fsp3) is 0.300. The van der Waals surface area contributed by atoms with Crippen molar-refractivity contribution < 1.29 is 9.90 Å². The molecule has 1 heterocycles. The van der Waals surface area contributed by atoms with Crippen molar-refractivity contribution in [3.63, 3.8) is 0 Å². The van der Waals surface area contributed by atoms with E-state index in [1.165, 1.54) is 5.56 Å². The van der Waals surface area contributed by atoms with Gasteiger partial charge in [-0.15, -0.1) is 0 Å². The lowest BCUT2D eigenvalue weighted by Crippen LogP contribution is -2.20. The van der Waals surface area contributed by atoms with Crippen LogP contribution in [0.1, 0.15) is 33.5 Å². The summed E-state index contributed by atoms with van der Waals surface area (Å²) in [5.74, 6) is -0.324. The van der Waals surface area contributed by atoms with Crippen molar-refractivity contribution in [2.24, 2.45) is 5.92 Å². The summed E-state index contributed by atoms with van der Waals surface area (Å²) < 4.78 is 0. The van der Waals surface area contributed by atoms with Crippen molar-refractivity contribution in [2.45, 2.75) is 19.4 Å². The van der Waals surface area contributed by atoms with Crippen LogP contribution in [0.25, 0.3) is 0 Å². The molecule has 0 spiro atoms. The maximum atomic E-state index is 11.1. The quantitative estimate of drug-likeness (QED) is 0.918. The van der Waals surface area contributed by atoms with Gasteiger partial charge in [0, 0.05) is 13.1 Å². The first-order valence-electron chi connectivity index (χ1n) is 8.17. The molecule has 1 N–H and O–H groups in total. The fourth-order valence-electron chi connectivity index (χ4n) is 3.39. The maximum absolute atomic E-state index is 11.1. The third-order valence-electron chi connectivity index (χ3n) is 4.53. The first-order chi connectivity index (χ1) is 11.6. The number of rotatable bonds is 5. The zero-order chi connectivity index (χ0) is 16.9. The van der Waals surface area contributed by atoms with E-state index in [1.54, 1.807) is 12.1 Å². The Hall–Kier alpha value is -2.64. The smallest absolute Gasteiger partial charge is 0.335 e. The lowest BCUT2D eigenvalue weighted by atomic mass is 9.97. The predicted molar refractivity (Wildman–Crippen MR) is 91.6 cm³/mol. The Morgan fingerprint density at radius 1 is 1.21 bits per heavy atom. The van der Waals surface area contributed by atoms with Gasteiger partial charge in [0.15, 0.2) is 0 Å². The van der Waals surface area contributed by atoms with Crippen LogP contribution >= 0.6 is 0 Å². The highest BCUT2D eigenvalue weighted by Crippen LogP contribution is 2.23. The van der Waals surface area contributed by atoms with Crippen LogP contribution in [-0.2, 0) is 13.0 Å². The van der Waals surface area contributed by atoms with E-state index in [-0.39, 0.29) is 0 Å². The molecule has 2 aromatic rings. The van der Waals surface area contributed by atoms with E-state index in [9.17, 15) is 4.79 Å². The fourth-order valence-corrected chi connectivity index (χ4v) is 3.39. The first-order valence-corrected chi connectivity index (χ1v) is 8.17. The molecule has 1 fully saturated rings. The van der Waals surface area contributed by atoms with Gasteiger partial charge in [-0.2, -0.15) is 5.26 Å². The summed E-state index contributed by atoms with van der Waals surface area (Å²) in [7, 11) is 0. The van der Waals surface area contributed by atoms with Gasteiger partial charge in [0.1, 0.15) is 0 Å². The van der Waals surface area contributed by atoms with Crippen molar-refractivity contribution in [1.82, 2.24) is 4.90 Å². The summed E-state index contributed by atoms with van der Waals surface area (Å²) in [6.45, 7) is 2.91. The van der Waals surface area contributed by atoms with E-state index >= 15 is 0 Å². The van der Waals surface area contributed by atoms with Gasteiger partial charge >= 0.3 is 5.97 Å². The summed E-state index contributed by atoms with van der Waals surface area (Å²) >= 11 is 0. The Kier molecular flexibility index (Phi) is 4.93. The third-order valence-corrected chi connectivity index (χ3v) is 4.53. The summed E-state index contributed by atoms with van der Waals surface area (Å²) in [6, 6.07) is 17.2. The molecule has 4 nitrogen and oxygen atoms in total. The molecule has 4 heteroatoms. The summed E-state index contributed by atoms with van der Waals surface area (Å²) in [5, 5.41) is 18.1. The highest BCUT2D eigenvalue weighted by Gasteiger charge is 2.23. The number of hydrogen-bond acceptors (Lipinski definition) is 3. The van der Waals surface area contributed by atoms with E-state index in [0.717, 1.165) is 38.0 Å². The SMILES string of the molecule is N#Cc1cccc(CN2CCC(Cc3cccc(C(=O)O)c3)C2)c1. The minimum atomic E-state index is -0.873. The van der Waals surface area contributed by atoms with E-state index in [2.05, 4.69) is 17.0 Å². The van der Waals surface area contributed by atoms with Gasteiger partial charge in [0.2, 0.25) is 0 Å². The van der Waals surface area contributed by atoms with Crippen LogP contribution in [0, 0.1) is 17.2 Å². The van der Waals surface area contributed by atoms with E-state index in [4.69, 9.17) is 10.4 Å². The standard InChI is InChI=1S/C20H20N2O2/c21-12-16-4-1-5-17(10-16)13-22-8-7-18(14-22)9-15-3-2-6-19(11-15)20(23)24/h1-6,10-11,18H,7-9,13-14H2,(H,23,24). The Morgan fingerprint density at radius 3 is 2.79 bits per heavy atom. The van der Waals surface area contributed by atoms with Crippen molar-refractivity contribution >= 4 is 5.97 Å². The van der Waals surface area contributed by atoms with E-state index < -0.39 is 5.97 Å². The summed E-state index contributed by atoms with van der Waals surface area (Å²) in [6.07, 6.45) is 2.03. The predicted octanol–water partition coefficient (Wildman–Crippen LogP) is 3.32. The van der Waals surface area contributed by atoms with Crippen molar-refractivity contribution in [2.75, 3.05) is 13.1 Å². The summed E-state index contributed by atoms with van der Waals surface area (Å²) in [5.41, 5.74) is 3.32. The number of carboxylic acid groups (broad SMARTS) is 1. The van der Waals surface area contributed by atoms with Gasteiger partial charge in [-0.25, -0.2) is 4.79 Å². The van der Waals surface area contributed by atoms with Crippen molar-refractivity contribution in [3.05, 3.63) is 70.8 Å². The van der Waals surface area contributed by atoms with Gasteiger partial charge in [-0.05, 0) is 60.7 Å². The van der Waals surface area contributed by atoms with Gasteiger partial charge in [0.25, 0.3) is 0 Å². The van der Waals surface area contributed by atoms with Crippen LogP contribution in [0.4, 0.5) is 0 Å². The van der Waals surface area contributed by atoms with Gasteiger partial charge in [-0.3, -0.25) is 4.90 Å². The molecule has 0 saturated carbocycles. The zero-order valence-corrected chi connectivity index (χ0v) is 13.5. The number of benzene rings is 2. The maximum Gasteiger partial charge on any atom is 0.335 e. The second kappa shape index (κ2) is 7.29. The number of carbonyl (C=O) groups is 1. The largest absolute Gasteiger partial charge is 0.478 e. The van der Waals surface area contributed by atoms with Crippen LogP contribution in [-0.4, -0.2) is 29.1 Å². The number of aromatic carboxylic acids is 1. The normalized spacial score (nSPS) is 17.5. The number of likely N-dealkylation sites (tertiary alicyclic amines) is 1. The molecule has 0 amide bonds. The van der Waals surface area contributed by atoms with Gasteiger partial charge in [0.05, 0.1) is 17.2 Å². The van der Waals surface area contributed by atoms with Gasteiger partial charge < -0.3 is 5.11 Å². The average molecular weight is 320 g/mol. The van der Waals surface area contributed by atoms with Crippen LogP contribution in [0.5, 0.6) is 0 Å². The molecule has 1 atom stereocenters. The lowest BCUT2D eigenvalue weighted by molar-refractivity contribution is 0.0696. The number of nitrogens with zero attached hydrogens (tertiary/aromatic N) is 2.